The molecule has 1 aromatic carbocycles. The number of anilines is 1. The number of nitrogens with one attached hydrogen (secondary N) is 1. The van der Waals surface area contributed by atoms with Crippen molar-refractivity contribution in [2.75, 3.05) is 11.9 Å². The van der Waals surface area contributed by atoms with E-state index in [1.165, 1.54) is 17.2 Å². The van der Waals surface area contributed by atoms with Crippen molar-refractivity contribution in [2.24, 2.45) is 0 Å². The molecule has 0 spiro atoms. The number of imidazole rings is 1. The van der Waals surface area contributed by atoms with E-state index in [0.29, 0.717) is 23.5 Å². The maximum absolute atomic E-state index is 10.2. The van der Waals surface area contributed by atoms with Gasteiger partial charge in [-0.1, -0.05) is 30.3 Å². The van der Waals surface area contributed by atoms with Crippen molar-refractivity contribution in [1.82, 2.24) is 19.5 Å². The third-order valence-corrected chi connectivity index (χ3v) is 4.45. The molecule has 2 aromatic heterocycles. The fourth-order valence-electron chi connectivity index (χ4n) is 3.06. The van der Waals surface area contributed by atoms with Crippen LogP contribution < -0.4 is 5.32 Å². The monoisotopic (exact) mass is 357 g/mol. The summed E-state index contributed by atoms with van der Waals surface area (Å²) in [6.45, 7) is 0.188. The lowest BCUT2D eigenvalue weighted by atomic mass is 10.1. The van der Waals surface area contributed by atoms with Crippen molar-refractivity contribution in [2.45, 2.75) is 31.1 Å². The Morgan fingerprint density at radius 2 is 1.88 bits per heavy atom. The molecule has 4 atom stereocenters. The number of aliphatic hydroxyl groups is 3. The van der Waals surface area contributed by atoms with Crippen LogP contribution in [-0.2, 0) is 11.3 Å². The average molecular weight is 357 g/mol. The van der Waals surface area contributed by atoms with Crippen LogP contribution in [-0.4, -0.2) is 59.8 Å². The van der Waals surface area contributed by atoms with Crippen molar-refractivity contribution in [3.63, 3.8) is 0 Å². The number of rotatable bonds is 5. The first-order valence-electron chi connectivity index (χ1n) is 8.27. The van der Waals surface area contributed by atoms with Crippen molar-refractivity contribution in [1.29, 1.82) is 0 Å². The second-order valence-corrected chi connectivity index (χ2v) is 6.11. The summed E-state index contributed by atoms with van der Waals surface area (Å²) in [5, 5.41) is 32.6. The molecule has 0 amide bonds. The molecular weight excluding hydrogens is 338 g/mol. The molecule has 3 aromatic rings. The summed E-state index contributed by atoms with van der Waals surface area (Å²) in [5.74, 6) is 0.560. The molecule has 1 fully saturated rings. The lowest BCUT2D eigenvalue weighted by Gasteiger charge is -2.16. The maximum Gasteiger partial charge on any atom is 0.167 e. The third kappa shape index (κ3) is 2.90. The molecule has 1 saturated heterocycles. The second kappa shape index (κ2) is 6.96. The van der Waals surface area contributed by atoms with E-state index in [-0.39, 0.29) is 6.61 Å². The van der Waals surface area contributed by atoms with E-state index >= 15 is 0 Å². The van der Waals surface area contributed by atoms with Gasteiger partial charge in [-0.2, -0.15) is 0 Å². The molecule has 136 valence electrons. The van der Waals surface area contributed by atoms with Crippen molar-refractivity contribution in [3.05, 3.63) is 48.5 Å². The van der Waals surface area contributed by atoms with Gasteiger partial charge in [0.2, 0.25) is 0 Å². The molecule has 9 heteroatoms. The van der Waals surface area contributed by atoms with E-state index in [1.807, 2.05) is 30.3 Å². The van der Waals surface area contributed by atoms with Gasteiger partial charge in [-0.05, 0) is 5.56 Å². The van der Waals surface area contributed by atoms with Crippen LogP contribution in [0, 0.1) is 0 Å². The van der Waals surface area contributed by atoms with Gasteiger partial charge in [-0.25, -0.2) is 15.0 Å². The fraction of sp³-hybridized carbons (Fsp3) is 0.353. The molecular formula is C17H19N5O4. The minimum atomic E-state index is -1.19. The van der Waals surface area contributed by atoms with E-state index in [1.54, 1.807) is 0 Å². The van der Waals surface area contributed by atoms with E-state index in [2.05, 4.69) is 20.3 Å². The SMILES string of the molecule is OC[C@@H]1O[C@H](n2cnc3c(NCc4ccccc4)ncnc32)[C@@H](O)[C@@H]1O. The smallest absolute Gasteiger partial charge is 0.167 e. The van der Waals surface area contributed by atoms with Crippen molar-refractivity contribution in [3.8, 4) is 0 Å². The number of nitrogens with zero attached hydrogens (tertiary/aromatic N) is 4. The van der Waals surface area contributed by atoms with E-state index in [0.717, 1.165) is 5.56 Å². The number of hydrogen-bond acceptors (Lipinski definition) is 8. The Morgan fingerprint density at radius 1 is 1.08 bits per heavy atom. The van der Waals surface area contributed by atoms with Gasteiger partial charge in [-0.15, -0.1) is 0 Å². The topological polar surface area (TPSA) is 126 Å². The predicted molar refractivity (Wildman–Crippen MR) is 92.1 cm³/mol. The third-order valence-electron chi connectivity index (χ3n) is 4.45. The Hall–Kier alpha value is -2.59. The molecule has 9 nitrogen and oxygen atoms in total. The lowest BCUT2D eigenvalue weighted by Crippen LogP contribution is -2.33. The van der Waals surface area contributed by atoms with E-state index < -0.39 is 24.5 Å². The lowest BCUT2D eigenvalue weighted by molar-refractivity contribution is -0.0511. The van der Waals surface area contributed by atoms with Crippen LogP contribution in [0.4, 0.5) is 5.82 Å². The summed E-state index contributed by atoms with van der Waals surface area (Å²) in [6.07, 6.45) is -1.24. The first-order chi connectivity index (χ1) is 12.7. The van der Waals surface area contributed by atoms with Gasteiger partial charge < -0.3 is 25.4 Å². The minimum absolute atomic E-state index is 0.389. The van der Waals surface area contributed by atoms with Crippen molar-refractivity contribution < 1.29 is 20.1 Å². The highest BCUT2D eigenvalue weighted by Crippen LogP contribution is 2.32. The van der Waals surface area contributed by atoms with Crippen LogP contribution in [0.5, 0.6) is 0 Å². The number of aliphatic hydroxyl groups excluding tert-OH is 3. The zero-order valence-corrected chi connectivity index (χ0v) is 13.8. The summed E-state index contributed by atoms with van der Waals surface area (Å²) in [7, 11) is 0. The largest absolute Gasteiger partial charge is 0.394 e. The summed E-state index contributed by atoms with van der Waals surface area (Å²) < 4.78 is 7.08. The van der Waals surface area contributed by atoms with Crippen LogP contribution in [0.2, 0.25) is 0 Å². The molecule has 26 heavy (non-hydrogen) atoms. The van der Waals surface area contributed by atoms with E-state index in [4.69, 9.17) is 4.74 Å². The summed E-state index contributed by atoms with van der Waals surface area (Å²) in [4.78, 5) is 12.8. The van der Waals surface area contributed by atoms with Crippen molar-refractivity contribution >= 4 is 17.0 Å². The van der Waals surface area contributed by atoms with Crippen LogP contribution >= 0.6 is 0 Å². The first-order valence-corrected chi connectivity index (χ1v) is 8.27. The molecule has 3 heterocycles. The molecule has 0 bridgehead atoms. The molecule has 1 aliphatic heterocycles. The first kappa shape index (κ1) is 16.9. The quantitative estimate of drug-likeness (QED) is 0.505. The highest BCUT2D eigenvalue weighted by Gasteiger charge is 2.44. The summed E-state index contributed by atoms with van der Waals surface area (Å²) >= 11 is 0. The van der Waals surface area contributed by atoms with Gasteiger partial charge in [0.25, 0.3) is 0 Å². The van der Waals surface area contributed by atoms with Gasteiger partial charge in [-0.3, -0.25) is 4.57 Å². The minimum Gasteiger partial charge on any atom is -0.394 e. The summed E-state index contributed by atoms with van der Waals surface area (Å²) in [5.41, 5.74) is 2.09. The van der Waals surface area contributed by atoms with Gasteiger partial charge >= 0.3 is 0 Å². The van der Waals surface area contributed by atoms with Gasteiger partial charge in [0.15, 0.2) is 23.2 Å². The molecule has 0 unspecified atom stereocenters. The Kier molecular flexibility index (Phi) is 4.51. The maximum atomic E-state index is 10.2. The van der Waals surface area contributed by atoms with Gasteiger partial charge in [0.05, 0.1) is 12.9 Å². The zero-order valence-electron chi connectivity index (χ0n) is 13.8. The van der Waals surface area contributed by atoms with Gasteiger partial charge in [0, 0.05) is 6.54 Å². The fourth-order valence-corrected chi connectivity index (χ4v) is 3.06. The summed E-state index contributed by atoms with van der Waals surface area (Å²) in [6, 6.07) is 9.88. The number of hydrogen-bond donors (Lipinski definition) is 4. The second-order valence-electron chi connectivity index (χ2n) is 6.11. The standard InChI is InChI=1S/C17H19N5O4/c23-7-11-13(24)14(25)17(26-11)22-9-21-12-15(19-8-20-16(12)22)18-6-10-4-2-1-3-5-10/h1-5,8-9,11,13-14,17,23-25H,6-7H2,(H,18,19,20)/t11-,13+,14-,17-/m0/s1. The number of aromatic nitrogens is 4. The Labute approximate surface area is 148 Å². The van der Waals surface area contributed by atoms with Crippen LogP contribution in [0.1, 0.15) is 11.8 Å². The number of fused-ring (bicyclic) bond motifs is 1. The molecule has 0 saturated carbocycles. The molecule has 1 aliphatic rings. The number of benzene rings is 1. The van der Waals surface area contributed by atoms with E-state index in [9.17, 15) is 15.3 Å². The van der Waals surface area contributed by atoms with Crippen LogP contribution in [0.3, 0.4) is 0 Å². The number of ether oxygens (including phenoxy) is 1. The molecule has 0 aliphatic carbocycles. The Morgan fingerprint density at radius 3 is 2.62 bits per heavy atom. The predicted octanol–water partition coefficient (Wildman–Crippen LogP) is 0.0499. The molecule has 4 rings (SSSR count). The Bertz CT molecular complexity index is 887. The molecule has 4 N–H and O–H groups in total. The van der Waals surface area contributed by atoms with Crippen LogP contribution in [0.25, 0.3) is 11.2 Å². The highest BCUT2D eigenvalue weighted by atomic mass is 16.6. The van der Waals surface area contributed by atoms with Crippen LogP contribution in [0.15, 0.2) is 43.0 Å². The molecule has 0 radical (unpaired) electrons. The van der Waals surface area contributed by atoms with Gasteiger partial charge in [0.1, 0.15) is 24.6 Å². The average Bonchev–Trinajstić information content (AvgIpc) is 3.23. The highest BCUT2D eigenvalue weighted by molar-refractivity contribution is 5.82. The normalized spacial score (nSPS) is 25.7. The zero-order chi connectivity index (χ0) is 18.1. The Balaban J connectivity index is 1.61.